The summed E-state index contributed by atoms with van der Waals surface area (Å²) < 4.78 is 6.40. The second kappa shape index (κ2) is 8.21. The Hall–Kier alpha value is -1.57. The molecule has 0 saturated carbocycles. The standard InChI is InChI=1S/C23H34O2/c1-7-9-10-11-12-21-19(16(3)24)15-18-13-17(8-2)14-20(22(18)25-21)23(4,5)6/h13-14H,7-12,15H2,1-6H3. The van der Waals surface area contributed by atoms with Gasteiger partial charge in [-0.1, -0.05) is 66.0 Å². The van der Waals surface area contributed by atoms with Gasteiger partial charge in [0.25, 0.3) is 0 Å². The number of hydrogen-bond donors (Lipinski definition) is 0. The molecule has 0 aliphatic carbocycles. The Morgan fingerprint density at radius 1 is 1.12 bits per heavy atom. The van der Waals surface area contributed by atoms with Crippen molar-refractivity contribution < 1.29 is 9.53 Å². The van der Waals surface area contributed by atoms with Crippen molar-refractivity contribution in [1.29, 1.82) is 0 Å². The molecule has 2 heteroatoms. The average molecular weight is 343 g/mol. The number of aryl methyl sites for hydroxylation is 1. The van der Waals surface area contributed by atoms with Gasteiger partial charge in [0.2, 0.25) is 0 Å². The predicted molar refractivity (Wildman–Crippen MR) is 105 cm³/mol. The van der Waals surface area contributed by atoms with E-state index in [0.29, 0.717) is 6.42 Å². The summed E-state index contributed by atoms with van der Waals surface area (Å²) in [6, 6.07) is 4.51. The SMILES string of the molecule is CCCCCCC1=C(C(C)=O)Cc2cc(CC)cc(C(C)(C)C)c2O1. The number of carbonyl (C=O) groups is 1. The lowest BCUT2D eigenvalue weighted by atomic mass is 9.81. The van der Waals surface area contributed by atoms with Crippen LogP contribution >= 0.6 is 0 Å². The summed E-state index contributed by atoms with van der Waals surface area (Å²) in [6.45, 7) is 12.8. The first-order valence-corrected chi connectivity index (χ1v) is 9.85. The Balaban J connectivity index is 2.40. The van der Waals surface area contributed by atoms with Gasteiger partial charge in [0.05, 0.1) is 0 Å². The number of carbonyl (C=O) groups excluding carboxylic acids is 1. The molecule has 0 aromatic heterocycles. The van der Waals surface area contributed by atoms with E-state index in [1.165, 1.54) is 36.0 Å². The second-order valence-electron chi connectivity index (χ2n) is 8.28. The minimum atomic E-state index is 0.0241. The summed E-state index contributed by atoms with van der Waals surface area (Å²) in [5.41, 5.74) is 4.65. The maximum atomic E-state index is 12.2. The van der Waals surface area contributed by atoms with E-state index in [4.69, 9.17) is 4.74 Å². The molecule has 2 nitrogen and oxygen atoms in total. The number of benzene rings is 1. The smallest absolute Gasteiger partial charge is 0.159 e. The number of Topliss-reactive ketones (excluding diaryl/α,β-unsaturated/α-hetero) is 1. The van der Waals surface area contributed by atoms with E-state index in [-0.39, 0.29) is 11.2 Å². The molecule has 0 bridgehead atoms. The van der Waals surface area contributed by atoms with Gasteiger partial charge in [-0.15, -0.1) is 0 Å². The number of fused-ring (bicyclic) bond motifs is 1. The molecule has 1 aliphatic heterocycles. The molecular formula is C23H34O2. The first-order valence-electron chi connectivity index (χ1n) is 9.85. The summed E-state index contributed by atoms with van der Waals surface area (Å²) >= 11 is 0. The zero-order valence-electron chi connectivity index (χ0n) is 16.9. The minimum absolute atomic E-state index is 0.0241. The molecule has 2 rings (SSSR count). The summed E-state index contributed by atoms with van der Waals surface area (Å²) in [6.07, 6.45) is 7.33. The van der Waals surface area contributed by atoms with Crippen LogP contribution in [0, 0.1) is 0 Å². The highest BCUT2D eigenvalue weighted by Gasteiger charge is 2.29. The van der Waals surface area contributed by atoms with Crippen LogP contribution < -0.4 is 4.74 Å². The monoisotopic (exact) mass is 342 g/mol. The quantitative estimate of drug-likeness (QED) is 0.544. The third-order valence-electron chi connectivity index (χ3n) is 5.05. The number of hydrogen-bond acceptors (Lipinski definition) is 2. The van der Waals surface area contributed by atoms with E-state index in [9.17, 15) is 4.79 Å². The van der Waals surface area contributed by atoms with E-state index >= 15 is 0 Å². The van der Waals surface area contributed by atoms with Crippen LogP contribution in [-0.2, 0) is 23.1 Å². The van der Waals surface area contributed by atoms with Crippen molar-refractivity contribution in [2.45, 2.75) is 91.9 Å². The first-order chi connectivity index (χ1) is 11.8. The summed E-state index contributed by atoms with van der Waals surface area (Å²) in [7, 11) is 0. The van der Waals surface area contributed by atoms with Gasteiger partial charge in [0, 0.05) is 24.0 Å². The molecule has 0 radical (unpaired) electrons. The minimum Gasteiger partial charge on any atom is -0.461 e. The molecule has 0 atom stereocenters. The lowest BCUT2D eigenvalue weighted by Gasteiger charge is -2.30. The van der Waals surface area contributed by atoms with E-state index in [1.807, 2.05) is 0 Å². The van der Waals surface area contributed by atoms with Crippen molar-refractivity contribution in [3.63, 3.8) is 0 Å². The zero-order valence-corrected chi connectivity index (χ0v) is 16.9. The zero-order chi connectivity index (χ0) is 18.6. The van der Waals surface area contributed by atoms with Gasteiger partial charge in [-0.3, -0.25) is 4.79 Å². The van der Waals surface area contributed by atoms with Crippen LogP contribution in [0.25, 0.3) is 0 Å². The van der Waals surface area contributed by atoms with Crippen LogP contribution in [0.1, 0.15) is 90.3 Å². The fourth-order valence-electron chi connectivity index (χ4n) is 3.48. The Morgan fingerprint density at radius 2 is 1.84 bits per heavy atom. The second-order valence-corrected chi connectivity index (χ2v) is 8.28. The number of rotatable bonds is 7. The Morgan fingerprint density at radius 3 is 2.40 bits per heavy atom. The first kappa shape index (κ1) is 19.8. The molecule has 1 heterocycles. The molecule has 1 aromatic rings. The van der Waals surface area contributed by atoms with Gasteiger partial charge in [-0.2, -0.15) is 0 Å². The van der Waals surface area contributed by atoms with E-state index in [1.54, 1.807) is 6.92 Å². The number of allylic oxidation sites excluding steroid dienone is 2. The molecule has 0 N–H and O–H groups in total. The van der Waals surface area contributed by atoms with E-state index in [0.717, 1.165) is 36.3 Å². The van der Waals surface area contributed by atoms with Crippen LogP contribution in [-0.4, -0.2) is 5.78 Å². The van der Waals surface area contributed by atoms with Crippen molar-refractivity contribution in [3.05, 3.63) is 40.2 Å². The van der Waals surface area contributed by atoms with Gasteiger partial charge >= 0.3 is 0 Å². The van der Waals surface area contributed by atoms with Crippen molar-refractivity contribution >= 4 is 5.78 Å². The number of ether oxygens (including phenoxy) is 1. The van der Waals surface area contributed by atoms with Crippen LogP contribution in [0.5, 0.6) is 5.75 Å². The highest BCUT2D eigenvalue weighted by atomic mass is 16.5. The summed E-state index contributed by atoms with van der Waals surface area (Å²) in [4.78, 5) is 12.2. The number of ketones is 1. The molecule has 1 aromatic carbocycles. The molecular weight excluding hydrogens is 308 g/mol. The lowest BCUT2D eigenvalue weighted by molar-refractivity contribution is -0.113. The topological polar surface area (TPSA) is 26.3 Å². The Labute approximate surface area is 153 Å². The van der Waals surface area contributed by atoms with Gasteiger partial charge in [0.15, 0.2) is 5.78 Å². The normalized spacial score (nSPS) is 14.3. The van der Waals surface area contributed by atoms with Crippen molar-refractivity contribution in [2.24, 2.45) is 0 Å². The van der Waals surface area contributed by atoms with E-state index < -0.39 is 0 Å². The van der Waals surface area contributed by atoms with Crippen LogP contribution in [0.4, 0.5) is 0 Å². The lowest BCUT2D eigenvalue weighted by Crippen LogP contribution is -2.21. The fourth-order valence-corrected chi connectivity index (χ4v) is 3.48. The molecule has 1 aliphatic rings. The molecule has 0 amide bonds. The molecule has 0 spiro atoms. The average Bonchev–Trinajstić information content (AvgIpc) is 2.55. The third kappa shape index (κ3) is 4.74. The highest BCUT2D eigenvalue weighted by Crippen LogP contribution is 2.41. The van der Waals surface area contributed by atoms with Crippen molar-refractivity contribution in [1.82, 2.24) is 0 Å². The van der Waals surface area contributed by atoms with Gasteiger partial charge in [0.1, 0.15) is 11.5 Å². The van der Waals surface area contributed by atoms with Crippen LogP contribution in [0.3, 0.4) is 0 Å². The highest BCUT2D eigenvalue weighted by molar-refractivity contribution is 5.94. The Bertz CT molecular complexity index is 659. The van der Waals surface area contributed by atoms with Crippen molar-refractivity contribution in [2.75, 3.05) is 0 Å². The van der Waals surface area contributed by atoms with Crippen molar-refractivity contribution in [3.8, 4) is 5.75 Å². The summed E-state index contributed by atoms with van der Waals surface area (Å²) in [5, 5.41) is 0. The largest absolute Gasteiger partial charge is 0.461 e. The third-order valence-corrected chi connectivity index (χ3v) is 5.05. The van der Waals surface area contributed by atoms with Gasteiger partial charge < -0.3 is 4.74 Å². The fraction of sp³-hybridized carbons (Fsp3) is 0.609. The maximum absolute atomic E-state index is 12.2. The molecule has 0 fully saturated rings. The molecule has 0 unspecified atom stereocenters. The Kier molecular flexibility index (Phi) is 6.48. The van der Waals surface area contributed by atoms with Crippen LogP contribution in [0.15, 0.2) is 23.5 Å². The van der Waals surface area contributed by atoms with E-state index in [2.05, 4.69) is 46.8 Å². The molecule has 138 valence electrons. The molecule has 0 saturated heterocycles. The van der Waals surface area contributed by atoms with Crippen LogP contribution in [0.2, 0.25) is 0 Å². The predicted octanol–water partition coefficient (Wildman–Crippen LogP) is 6.29. The summed E-state index contributed by atoms with van der Waals surface area (Å²) in [5.74, 6) is 2.06. The van der Waals surface area contributed by atoms with Gasteiger partial charge in [-0.05, 0) is 36.3 Å². The maximum Gasteiger partial charge on any atom is 0.159 e. The van der Waals surface area contributed by atoms with Gasteiger partial charge in [-0.25, -0.2) is 0 Å². The molecule has 25 heavy (non-hydrogen) atoms. The number of unbranched alkanes of at least 4 members (excludes halogenated alkanes) is 3.